The molecule has 0 aliphatic heterocycles. The van der Waals surface area contributed by atoms with Gasteiger partial charge in [0.05, 0.1) is 19.2 Å². The molecule has 1 rings (SSSR count). The fourth-order valence-corrected chi connectivity index (χ4v) is 1.73. The van der Waals surface area contributed by atoms with E-state index in [2.05, 4.69) is 5.16 Å². The summed E-state index contributed by atoms with van der Waals surface area (Å²) in [6.45, 7) is 2.31. The second-order valence-corrected chi connectivity index (χ2v) is 4.20. The number of amidine groups is 1. The van der Waals surface area contributed by atoms with E-state index in [-0.39, 0.29) is 23.7 Å². The number of phenolic OH excluding ortho intramolecular Hbond substituents is 1. The number of nitrogens with two attached hydrogens (primary N) is 1. The van der Waals surface area contributed by atoms with Crippen molar-refractivity contribution in [2.45, 2.75) is 13.3 Å². The standard InChI is InChI=1S/C13H19N3O4/c1-3-6-16(8-12(14)15-19)13(18)10-7-9(20-2)4-5-11(10)17/h4-5,7,17,19H,3,6,8H2,1-2H3,(H2,14,15). The average Bonchev–Trinajstić information content (AvgIpc) is 2.46. The Morgan fingerprint density at radius 1 is 1.50 bits per heavy atom. The summed E-state index contributed by atoms with van der Waals surface area (Å²) in [6.07, 6.45) is 0.704. The van der Waals surface area contributed by atoms with Gasteiger partial charge in [-0.1, -0.05) is 12.1 Å². The van der Waals surface area contributed by atoms with Crippen molar-refractivity contribution >= 4 is 11.7 Å². The van der Waals surface area contributed by atoms with Gasteiger partial charge in [0.1, 0.15) is 11.5 Å². The minimum Gasteiger partial charge on any atom is -0.507 e. The van der Waals surface area contributed by atoms with Gasteiger partial charge in [-0.2, -0.15) is 0 Å². The Morgan fingerprint density at radius 3 is 2.75 bits per heavy atom. The Balaban J connectivity index is 3.05. The summed E-state index contributed by atoms with van der Waals surface area (Å²) in [4.78, 5) is 13.8. The molecule has 0 atom stereocenters. The van der Waals surface area contributed by atoms with Crippen molar-refractivity contribution < 1.29 is 19.8 Å². The van der Waals surface area contributed by atoms with E-state index in [1.807, 2.05) is 6.92 Å². The van der Waals surface area contributed by atoms with Crippen molar-refractivity contribution in [3.63, 3.8) is 0 Å². The number of hydrogen-bond acceptors (Lipinski definition) is 5. The van der Waals surface area contributed by atoms with Crippen molar-refractivity contribution in [3.8, 4) is 11.5 Å². The lowest BCUT2D eigenvalue weighted by Gasteiger charge is -2.22. The van der Waals surface area contributed by atoms with Gasteiger partial charge >= 0.3 is 0 Å². The van der Waals surface area contributed by atoms with Crippen LogP contribution in [0.25, 0.3) is 0 Å². The lowest BCUT2D eigenvalue weighted by Crippen LogP contribution is -2.39. The van der Waals surface area contributed by atoms with E-state index in [1.165, 1.54) is 24.1 Å². The first kappa shape index (κ1) is 15.6. The minimum atomic E-state index is -0.408. The van der Waals surface area contributed by atoms with E-state index in [0.29, 0.717) is 18.7 Å². The molecule has 4 N–H and O–H groups in total. The number of methoxy groups -OCH3 is 1. The Labute approximate surface area is 117 Å². The van der Waals surface area contributed by atoms with E-state index in [1.54, 1.807) is 6.07 Å². The molecule has 0 radical (unpaired) electrons. The van der Waals surface area contributed by atoms with Crippen LogP contribution in [0.3, 0.4) is 0 Å². The van der Waals surface area contributed by atoms with Gasteiger partial charge in [0.15, 0.2) is 5.84 Å². The van der Waals surface area contributed by atoms with Crippen LogP contribution in [0, 0.1) is 0 Å². The highest BCUT2D eigenvalue weighted by Gasteiger charge is 2.20. The van der Waals surface area contributed by atoms with Gasteiger partial charge in [0.25, 0.3) is 5.91 Å². The van der Waals surface area contributed by atoms with Crippen molar-refractivity contribution in [1.82, 2.24) is 4.90 Å². The Hall–Kier alpha value is -2.44. The number of oxime groups is 1. The van der Waals surface area contributed by atoms with Gasteiger partial charge < -0.3 is 25.7 Å². The van der Waals surface area contributed by atoms with Crippen LogP contribution in [-0.4, -0.2) is 47.2 Å². The van der Waals surface area contributed by atoms with Crippen LogP contribution < -0.4 is 10.5 Å². The van der Waals surface area contributed by atoms with E-state index >= 15 is 0 Å². The van der Waals surface area contributed by atoms with Crippen LogP contribution in [0.15, 0.2) is 23.4 Å². The molecule has 0 unspecified atom stereocenters. The van der Waals surface area contributed by atoms with Gasteiger partial charge in [-0.25, -0.2) is 0 Å². The Morgan fingerprint density at radius 2 is 2.20 bits per heavy atom. The highest BCUT2D eigenvalue weighted by atomic mass is 16.5. The third-order valence-corrected chi connectivity index (χ3v) is 2.70. The first-order valence-corrected chi connectivity index (χ1v) is 6.16. The quantitative estimate of drug-likeness (QED) is 0.312. The summed E-state index contributed by atoms with van der Waals surface area (Å²) in [5.74, 6) is -0.160. The molecular formula is C13H19N3O4. The molecule has 1 aromatic carbocycles. The van der Waals surface area contributed by atoms with Gasteiger partial charge in [0, 0.05) is 6.54 Å². The van der Waals surface area contributed by atoms with Crippen molar-refractivity contribution in [2.75, 3.05) is 20.2 Å². The third kappa shape index (κ3) is 3.78. The molecule has 0 aliphatic rings. The number of benzene rings is 1. The maximum absolute atomic E-state index is 12.4. The third-order valence-electron chi connectivity index (χ3n) is 2.70. The molecule has 0 aliphatic carbocycles. The van der Waals surface area contributed by atoms with Gasteiger partial charge in [-0.15, -0.1) is 0 Å². The fourth-order valence-electron chi connectivity index (χ4n) is 1.73. The highest BCUT2D eigenvalue weighted by Crippen LogP contribution is 2.24. The molecule has 0 saturated carbocycles. The van der Waals surface area contributed by atoms with Gasteiger partial charge in [-0.05, 0) is 24.6 Å². The largest absolute Gasteiger partial charge is 0.507 e. The fraction of sp³-hybridized carbons (Fsp3) is 0.385. The molecule has 7 heteroatoms. The Kier molecular flexibility index (Phi) is 5.64. The lowest BCUT2D eigenvalue weighted by molar-refractivity contribution is 0.0775. The maximum atomic E-state index is 12.4. The highest BCUT2D eigenvalue weighted by molar-refractivity contribution is 5.99. The molecule has 0 bridgehead atoms. The van der Waals surface area contributed by atoms with Crippen molar-refractivity contribution in [2.24, 2.45) is 10.9 Å². The molecular weight excluding hydrogens is 262 g/mol. The molecule has 1 aromatic rings. The molecule has 20 heavy (non-hydrogen) atoms. The number of amides is 1. The van der Waals surface area contributed by atoms with Gasteiger partial charge in [-0.3, -0.25) is 4.79 Å². The first-order valence-electron chi connectivity index (χ1n) is 6.16. The molecule has 7 nitrogen and oxygen atoms in total. The molecule has 0 spiro atoms. The molecule has 1 amide bonds. The lowest BCUT2D eigenvalue weighted by atomic mass is 10.1. The summed E-state index contributed by atoms with van der Waals surface area (Å²) >= 11 is 0. The normalized spacial score (nSPS) is 11.2. The number of rotatable bonds is 6. The number of nitrogens with zero attached hydrogens (tertiary/aromatic N) is 2. The van der Waals surface area contributed by atoms with Crippen LogP contribution >= 0.6 is 0 Å². The zero-order valence-electron chi connectivity index (χ0n) is 11.5. The van der Waals surface area contributed by atoms with Crippen LogP contribution in [0.2, 0.25) is 0 Å². The summed E-state index contributed by atoms with van der Waals surface area (Å²) in [6, 6.07) is 4.39. The monoisotopic (exact) mass is 281 g/mol. The number of carbonyl (C=O) groups excluding carboxylic acids is 1. The second-order valence-electron chi connectivity index (χ2n) is 4.20. The summed E-state index contributed by atoms with van der Waals surface area (Å²) in [5.41, 5.74) is 5.55. The van der Waals surface area contributed by atoms with Crippen LogP contribution in [0.5, 0.6) is 11.5 Å². The van der Waals surface area contributed by atoms with Gasteiger partial charge in [0.2, 0.25) is 0 Å². The average molecular weight is 281 g/mol. The molecule has 110 valence electrons. The van der Waals surface area contributed by atoms with E-state index < -0.39 is 5.91 Å². The smallest absolute Gasteiger partial charge is 0.258 e. The predicted octanol–water partition coefficient (Wildman–Crippen LogP) is 0.999. The van der Waals surface area contributed by atoms with Crippen LogP contribution in [-0.2, 0) is 0 Å². The van der Waals surface area contributed by atoms with Crippen LogP contribution in [0.1, 0.15) is 23.7 Å². The second kappa shape index (κ2) is 7.22. The summed E-state index contributed by atoms with van der Waals surface area (Å²) < 4.78 is 5.03. The van der Waals surface area contributed by atoms with Crippen molar-refractivity contribution in [1.29, 1.82) is 0 Å². The maximum Gasteiger partial charge on any atom is 0.258 e. The van der Waals surface area contributed by atoms with E-state index in [0.717, 1.165) is 0 Å². The number of aromatic hydroxyl groups is 1. The molecule has 0 fully saturated rings. The van der Waals surface area contributed by atoms with Crippen LogP contribution in [0.4, 0.5) is 0 Å². The molecule has 0 saturated heterocycles. The minimum absolute atomic E-state index is 0.0141. The number of phenols is 1. The topological polar surface area (TPSA) is 108 Å². The number of hydrogen-bond donors (Lipinski definition) is 3. The number of ether oxygens (including phenoxy) is 1. The predicted molar refractivity (Wildman–Crippen MR) is 74.3 cm³/mol. The summed E-state index contributed by atoms with van der Waals surface area (Å²) in [7, 11) is 1.47. The molecule has 0 aromatic heterocycles. The van der Waals surface area contributed by atoms with Crippen molar-refractivity contribution in [3.05, 3.63) is 23.8 Å². The zero-order chi connectivity index (χ0) is 15.1. The SMILES string of the molecule is CCCN(CC(N)=NO)C(=O)c1cc(OC)ccc1O. The summed E-state index contributed by atoms with van der Waals surface area (Å²) in [5, 5.41) is 21.2. The van der Waals surface area contributed by atoms with E-state index in [4.69, 9.17) is 15.7 Å². The zero-order valence-corrected chi connectivity index (χ0v) is 11.5. The van der Waals surface area contributed by atoms with E-state index in [9.17, 15) is 9.90 Å². The Bertz CT molecular complexity index is 502. The molecule has 0 heterocycles. The first-order chi connectivity index (χ1) is 9.53. The number of carbonyl (C=O) groups is 1.